The van der Waals surface area contributed by atoms with E-state index in [0.29, 0.717) is 12.8 Å². The van der Waals surface area contributed by atoms with Crippen LogP contribution in [0.5, 0.6) is 0 Å². The van der Waals surface area contributed by atoms with E-state index >= 15 is 0 Å². The fourth-order valence-electron chi connectivity index (χ4n) is 9.11. The highest BCUT2D eigenvalue weighted by Crippen LogP contribution is 2.23. The Hall–Kier alpha value is -0.810. The molecule has 9 nitrogen and oxygen atoms in total. The summed E-state index contributed by atoms with van der Waals surface area (Å²) in [6, 6.07) is -0.711. The van der Waals surface area contributed by atoms with Crippen molar-refractivity contribution in [2.24, 2.45) is 0 Å². The molecule has 1 heterocycles. The molecule has 7 atom stereocenters. The summed E-state index contributed by atoms with van der Waals surface area (Å²) in [4.78, 5) is 13.0. The molecule has 1 amide bonds. The van der Waals surface area contributed by atoms with Crippen molar-refractivity contribution in [2.75, 3.05) is 13.2 Å². The van der Waals surface area contributed by atoms with E-state index in [0.717, 1.165) is 38.5 Å². The van der Waals surface area contributed by atoms with Gasteiger partial charge in [-0.2, -0.15) is 0 Å². The Morgan fingerprint density at radius 2 is 0.806 bits per heavy atom. The van der Waals surface area contributed by atoms with Crippen molar-refractivity contribution in [2.45, 2.75) is 320 Å². The number of unbranched alkanes of at least 4 members (excludes halogenated alkanes) is 37. The molecule has 1 aliphatic heterocycles. The third-order valence-electron chi connectivity index (χ3n) is 13.5. The molecule has 0 radical (unpaired) electrons. The topological polar surface area (TPSA) is 149 Å². The molecule has 0 aromatic rings. The Morgan fingerprint density at radius 1 is 0.484 bits per heavy atom. The predicted octanol–water partition coefficient (Wildman–Crippen LogP) is 12.7. The van der Waals surface area contributed by atoms with Gasteiger partial charge in [-0.05, 0) is 12.8 Å². The summed E-state index contributed by atoms with van der Waals surface area (Å²) < 4.78 is 11.3. The minimum Gasteiger partial charge on any atom is -0.394 e. The lowest BCUT2D eigenvalue weighted by Gasteiger charge is -2.40. The monoisotopic (exact) mass is 884 g/mol. The molecule has 1 rings (SSSR count). The van der Waals surface area contributed by atoms with Crippen LogP contribution in [0.2, 0.25) is 0 Å². The zero-order valence-electron chi connectivity index (χ0n) is 40.9. The number of aliphatic hydroxyl groups is 5. The number of hydrogen-bond acceptors (Lipinski definition) is 8. The van der Waals surface area contributed by atoms with Crippen LogP contribution < -0.4 is 5.32 Å². The van der Waals surface area contributed by atoms with Crippen LogP contribution in [-0.4, -0.2) is 87.5 Å². The van der Waals surface area contributed by atoms with E-state index in [1.54, 1.807) is 0 Å². The molecule has 1 fully saturated rings. The Labute approximate surface area is 383 Å². The molecule has 9 heteroatoms. The summed E-state index contributed by atoms with van der Waals surface area (Å²) in [5, 5.41) is 54.4. The maximum Gasteiger partial charge on any atom is 0.220 e. The highest BCUT2D eigenvalue weighted by molar-refractivity contribution is 5.76. The van der Waals surface area contributed by atoms with Crippen LogP contribution in [-0.2, 0) is 14.3 Å². The third-order valence-corrected chi connectivity index (χ3v) is 13.5. The molecule has 0 aromatic carbocycles. The number of nitrogens with one attached hydrogen (secondary N) is 1. The number of ether oxygens (including phenoxy) is 2. The van der Waals surface area contributed by atoms with Crippen LogP contribution in [0.3, 0.4) is 0 Å². The number of carbonyl (C=O) groups is 1. The molecule has 0 bridgehead atoms. The lowest BCUT2D eigenvalue weighted by atomic mass is 9.99. The van der Waals surface area contributed by atoms with Gasteiger partial charge in [-0.1, -0.05) is 258 Å². The lowest BCUT2D eigenvalue weighted by Crippen LogP contribution is -2.60. The number of aliphatic hydroxyl groups excluding tert-OH is 5. The van der Waals surface area contributed by atoms with E-state index in [9.17, 15) is 30.3 Å². The molecule has 6 N–H and O–H groups in total. The van der Waals surface area contributed by atoms with Crippen LogP contribution in [0, 0.1) is 0 Å². The molecule has 0 aromatic heterocycles. The van der Waals surface area contributed by atoms with Crippen molar-refractivity contribution in [3.63, 3.8) is 0 Å². The maximum absolute atomic E-state index is 13.0. The van der Waals surface area contributed by atoms with Crippen molar-refractivity contribution >= 4 is 5.91 Å². The first-order valence-electron chi connectivity index (χ1n) is 27.2. The van der Waals surface area contributed by atoms with Crippen LogP contribution in [0.1, 0.15) is 277 Å². The average Bonchev–Trinajstić information content (AvgIpc) is 3.27. The Balaban J connectivity index is 2.09. The third kappa shape index (κ3) is 33.6. The van der Waals surface area contributed by atoms with Crippen molar-refractivity contribution in [1.82, 2.24) is 5.32 Å². The SMILES string of the molecule is CCCCCCCCCCCCCCCCCCCCCCCCCCCCCCCC(=O)N[C@@H](CO[C@@H]1O[C@H](CO)[C@@H](O)C(O)C1O)[C@H](O)CCCCCCCCCCCC. The van der Waals surface area contributed by atoms with Gasteiger partial charge in [0.25, 0.3) is 0 Å². The first-order chi connectivity index (χ1) is 30.3. The average molecular weight is 884 g/mol. The standard InChI is InChI=1S/C53H105NO8/c1-3-5-7-9-11-13-15-16-17-18-19-20-21-22-23-24-25-26-27-28-29-30-31-32-33-35-37-39-41-43-49(57)54-46(45-61-53-52(60)51(59)50(58)48(44-55)62-53)47(56)42-40-38-36-34-14-12-10-8-6-4-2/h46-48,50-53,55-56,58-60H,3-45H2,1-2H3,(H,54,57)/t46-,47+,48+,50+,51?,52?,53+/m0/s1. The first-order valence-corrected chi connectivity index (χ1v) is 27.2. The van der Waals surface area contributed by atoms with Gasteiger partial charge in [0, 0.05) is 6.42 Å². The quantitative estimate of drug-likeness (QED) is 0.0331. The van der Waals surface area contributed by atoms with Crippen molar-refractivity contribution in [1.29, 1.82) is 0 Å². The van der Waals surface area contributed by atoms with Crippen molar-refractivity contribution in [3.05, 3.63) is 0 Å². The highest BCUT2D eigenvalue weighted by atomic mass is 16.7. The minimum atomic E-state index is -1.55. The number of carbonyl (C=O) groups excluding carboxylic acids is 1. The number of rotatable bonds is 47. The normalized spacial score (nSPS) is 20.1. The van der Waals surface area contributed by atoms with E-state index in [2.05, 4.69) is 19.2 Å². The van der Waals surface area contributed by atoms with Gasteiger partial charge in [0.1, 0.15) is 24.4 Å². The van der Waals surface area contributed by atoms with Gasteiger partial charge in [0.15, 0.2) is 6.29 Å². The molecule has 2 unspecified atom stereocenters. The summed E-state index contributed by atoms with van der Waals surface area (Å²) in [5.41, 5.74) is 0. The zero-order chi connectivity index (χ0) is 45.1. The minimum absolute atomic E-state index is 0.132. The molecule has 0 spiro atoms. The molecular weight excluding hydrogens is 779 g/mol. The van der Waals surface area contributed by atoms with Gasteiger partial charge in [0.2, 0.25) is 5.91 Å². The van der Waals surface area contributed by atoms with Crippen molar-refractivity contribution < 1.29 is 39.8 Å². The molecule has 0 aliphatic carbocycles. The van der Waals surface area contributed by atoms with E-state index in [-0.39, 0.29) is 12.5 Å². The van der Waals surface area contributed by atoms with Crippen LogP contribution in [0.15, 0.2) is 0 Å². The zero-order valence-corrected chi connectivity index (χ0v) is 40.9. The van der Waals surface area contributed by atoms with E-state index in [1.807, 2.05) is 0 Å². The van der Waals surface area contributed by atoms with E-state index in [1.165, 1.54) is 212 Å². The van der Waals surface area contributed by atoms with Gasteiger partial charge >= 0.3 is 0 Å². The van der Waals surface area contributed by atoms with Gasteiger partial charge in [-0.25, -0.2) is 0 Å². The number of amides is 1. The summed E-state index contributed by atoms with van der Waals surface area (Å²) in [6.45, 7) is 3.85. The van der Waals surface area contributed by atoms with Crippen LogP contribution >= 0.6 is 0 Å². The fraction of sp³-hybridized carbons (Fsp3) is 0.981. The second-order valence-corrected chi connectivity index (χ2v) is 19.4. The number of hydrogen-bond donors (Lipinski definition) is 6. The highest BCUT2D eigenvalue weighted by Gasteiger charge is 2.44. The molecule has 1 saturated heterocycles. The second-order valence-electron chi connectivity index (χ2n) is 19.4. The Kier molecular flexibility index (Phi) is 42.1. The summed E-state index contributed by atoms with van der Waals surface area (Å²) in [7, 11) is 0. The van der Waals surface area contributed by atoms with Gasteiger partial charge < -0.3 is 40.3 Å². The second kappa shape index (κ2) is 44.0. The molecule has 1 aliphatic rings. The van der Waals surface area contributed by atoms with E-state index < -0.39 is 49.5 Å². The van der Waals surface area contributed by atoms with E-state index in [4.69, 9.17) is 9.47 Å². The summed E-state index contributed by atoms with van der Waals surface area (Å²) in [6.07, 6.45) is 44.4. The summed E-state index contributed by atoms with van der Waals surface area (Å²) in [5.74, 6) is -0.139. The van der Waals surface area contributed by atoms with Gasteiger partial charge in [0.05, 0.1) is 25.4 Å². The Morgan fingerprint density at radius 3 is 1.15 bits per heavy atom. The summed E-state index contributed by atoms with van der Waals surface area (Å²) >= 11 is 0. The lowest BCUT2D eigenvalue weighted by molar-refractivity contribution is -0.302. The van der Waals surface area contributed by atoms with Crippen LogP contribution in [0.4, 0.5) is 0 Å². The van der Waals surface area contributed by atoms with Crippen LogP contribution in [0.25, 0.3) is 0 Å². The first kappa shape index (κ1) is 59.2. The largest absolute Gasteiger partial charge is 0.394 e. The molecule has 0 saturated carbocycles. The molecule has 370 valence electrons. The predicted molar refractivity (Wildman–Crippen MR) is 258 cm³/mol. The molecular formula is C53H105NO8. The van der Waals surface area contributed by atoms with Gasteiger partial charge in [-0.15, -0.1) is 0 Å². The Bertz CT molecular complexity index is 939. The fourth-order valence-corrected chi connectivity index (χ4v) is 9.11. The van der Waals surface area contributed by atoms with Crippen molar-refractivity contribution in [3.8, 4) is 0 Å². The molecule has 62 heavy (non-hydrogen) atoms. The van der Waals surface area contributed by atoms with Gasteiger partial charge in [-0.3, -0.25) is 4.79 Å². The smallest absolute Gasteiger partial charge is 0.220 e. The maximum atomic E-state index is 13.0.